The van der Waals surface area contributed by atoms with E-state index in [0.717, 1.165) is 12.8 Å². The van der Waals surface area contributed by atoms with Crippen LogP contribution in [0.4, 0.5) is 0 Å². The van der Waals surface area contributed by atoms with Gasteiger partial charge in [0.05, 0.1) is 0 Å². The van der Waals surface area contributed by atoms with Crippen molar-refractivity contribution in [3.8, 4) is 11.8 Å². The normalized spacial score (nSPS) is 15.1. The molecular formula is C16H29IOSi. The van der Waals surface area contributed by atoms with E-state index in [1.54, 1.807) is 0 Å². The minimum Gasteiger partial charge on any atom is -0.401 e. The van der Waals surface area contributed by atoms with E-state index in [1.807, 2.05) is 6.92 Å². The fraction of sp³-hybridized carbons (Fsp3) is 0.750. The molecule has 0 aromatic carbocycles. The molecule has 0 rings (SSSR count). The molecule has 0 N–H and O–H groups in total. The van der Waals surface area contributed by atoms with Crippen LogP contribution in [0.2, 0.25) is 19.6 Å². The summed E-state index contributed by atoms with van der Waals surface area (Å²) in [6, 6.07) is 0. The molecule has 3 heteroatoms. The summed E-state index contributed by atoms with van der Waals surface area (Å²) in [4.78, 5) is 0. The van der Waals surface area contributed by atoms with Gasteiger partial charge in [-0.3, -0.25) is 0 Å². The Bertz CT molecular complexity index is 322. The molecule has 0 amide bonds. The summed E-state index contributed by atoms with van der Waals surface area (Å²) in [5, 5.41) is 0. The van der Waals surface area contributed by atoms with Crippen LogP contribution in [-0.4, -0.2) is 13.9 Å². The lowest BCUT2D eigenvalue weighted by molar-refractivity contribution is 0.111. The average Bonchev–Trinajstić information content (AvgIpc) is 2.30. The van der Waals surface area contributed by atoms with Gasteiger partial charge in [-0.25, -0.2) is 0 Å². The molecule has 1 atom stereocenters. The predicted molar refractivity (Wildman–Crippen MR) is 97.1 cm³/mol. The van der Waals surface area contributed by atoms with Crippen molar-refractivity contribution < 1.29 is 4.43 Å². The van der Waals surface area contributed by atoms with Crippen molar-refractivity contribution in [1.82, 2.24) is 0 Å². The molecule has 0 aromatic rings. The van der Waals surface area contributed by atoms with E-state index >= 15 is 0 Å². The highest BCUT2D eigenvalue weighted by Gasteiger charge is 2.33. The number of unbranched alkanes of at least 4 members (excludes halogenated alkanes) is 3. The Morgan fingerprint density at radius 1 is 1.21 bits per heavy atom. The predicted octanol–water partition coefficient (Wildman–Crippen LogP) is 5.91. The molecule has 0 spiro atoms. The lowest BCUT2D eigenvalue weighted by Crippen LogP contribution is -2.41. The first-order valence-electron chi connectivity index (χ1n) is 7.28. The van der Waals surface area contributed by atoms with Crippen LogP contribution in [0.5, 0.6) is 0 Å². The van der Waals surface area contributed by atoms with Gasteiger partial charge in [-0.1, -0.05) is 60.8 Å². The van der Waals surface area contributed by atoms with Crippen LogP contribution < -0.4 is 0 Å². The molecule has 0 aromatic heterocycles. The van der Waals surface area contributed by atoms with E-state index < -0.39 is 8.32 Å². The van der Waals surface area contributed by atoms with Crippen LogP contribution in [0.3, 0.4) is 0 Å². The molecule has 0 bridgehead atoms. The first-order valence-corrected chi connectivity index (χ1v) is 11.9. The Balaban J connectivity index is 4.85. The summed E-state index contributed by atoms with van der Waals surface area (Å²) in [5.74, 6) is 6.46. The molecule has 0 radical (unpaired) electrons. The lowest BCUT2D eigenvalue weighted by Gasteiger charge is -2.35. The largest absolute Gasteiger partial charge is 0.401 e. The molecule has 110 valence electrons. The fourth-order valence-electron chi connectivity index (χ4n) is 2.22. The summed E-state index contributed by atoms with van der Waals surface area (Å²) < 4.78 is 8.53. The van der Waals surface area contributed by atoms with Gasteiger partial charge in [0.2, 0.25) is 0 Å². The third-order valence-electron chi connectivity index (χ3n) is 2.83. The maximum atomic E-state index is 6.46. The highest BCUT2D eigenvalue weighted by atomic mass is 127. The second kappa shape index (κ2) is 10.0. The topological polar surface area (TPSA) is 9.23 Å². The van der Waals surface area contributed by atoms with Crippen molar-refractivity contribution in [2.45, 2.75) is 77.6 Å². The first-order chi connectivity index (χ1) is 8.89. The maximum Gasteiger partial charge on any atom is 0.185 e. The number of hydrogen-bond donors (Lipinski definition) is 0. The fourth-order valence-corrected chi connectivity index (χ4v) is 3.88. The van der Waals surface area contributed by atoms with Crippen molar-refractivity contribution in [3.05, 3.63) is 10.2 Å². The second-order valence-electron chi connectivity index (χ2n) is 5.96. The zero-order chi connectivity index (χ0) is 14.8. The smallest absolute Gasteiger partial charge is 0.185 e. The van der Waals surface area contributed by atoms with Gasteiger partial charge in [-0.05, 0) is 43.5 Å². The molecule has 0 aliphatic carbocycles. The van der Waals surface area contributed by atoms with Gasteiger partial charge in [0, 0.05) is 6.42 Å². The lowest BCUT2D eigenvalue weighted by atomic mass is 9.93. The van der Waals surface area contributed by atoms with Crippen LogP contribution in [-0.2, 0) is 4.43 Å². The molecule has 1 unspecified atom stereocenters. The molecule has 0 fully saturated rings. The zero-order valence-electron chi connectivity index (χ0n) is 13.2. The standard InChI is InChI=1S/C16H29IOSi/c1-6-8-9-10-13-16(12-7-2,14-11-15-17)18-19(3,4)5/h11,15H,6,8-10,13-14H2,1-5H3. The van der Waals surface area contributed by atoms with Gasteiger partial charge >= 0.3 is 0 Å². The zero-order valence-corrected chi connectivity index (χ0v) is 16.3. The van der Waals surface area contributed by atoms with E-state index in [2.05, 4.69) is 71.2 Å². The van der Waals surface area contributed by atoms with Crippen LogP contribution in [0.1, 0.15) is 52.4 Å². The van der Waals surface area contributed by atoms with Crippen molar-refractivity contribution in [2.24, 2.45) is 0 Å². The molecule has 0 saturated heterocycles. The first kappa shape index (κ1) is 19.2. The molecule has 0 heterocycles. The van der Waals surface area contributed by atoms with E-state index in [0.29, 0.717) is 0 Å². The van der Waals surface area contributed by atoms with E-state index in [4.69, 9.17) is 4.43 Å². The van der Waals surface area contributed by atoms with Gasteiger partial charge in [0.1, 0.15) is 5.60 Å². The minimum atomic E-state index is -1.59. The van der Waals surface area contributed by atoms with E-state index in [-0.39, 0.29) is 5.60 Å². The Labute approximate surface area is 134 Å². The van der Waals surface area contributed by atoms with E-state index in [1.165, 1.54) is 25.7 Å². The molecule has 19 heavy (non-hydrogen) atoms. The van der Waals surface area contributed by atoms with Gasteiger partial charge in [0.25, 0.3) is 0 Å². The summed E-state index contributed by atoms with van der Waals surface area (Å²) >= 11 is 2.27. The number of rotatable bonds is 9. The van der Waals surface area contributed by atoms with Crippen molar-refractivity contribution >= 4 is 30.9 Å². The van der Waals surface area contributed by atoms with Crippen molar-refractivity contribution in [1.29, 1.82) is 0 Å². The summed E-state index contributed by atoms with van der Waals surface area (Å²) in [6.07, 6.45) is 9.23. The Hall–Kier alpha value is 0.207. The summed E-state index contributed by atoms with van der Waals surface area (Å²) in [5.41, 5.74) is -0.255. The third kappa shape index (κ3) is 9.70. The van der Waals surface area contributed by atoms with Crippen molar-refractivity contribution in [3.63, 3.8) is 0 Å². The SMILES string of the molecule is CC#CC(CC=CI)(CCCCCC)O[Si](C)(C)C. The summed E-state index contributed by atoms with van der Waals surface area (Å²) in [6.45, 7) is 10.9. The quantitative estimate of drug-likeness (QED) is 0.205. The highest BCUT2D eigenvalue weighted by Crippen LogP contribution is 2.28. The van der Waals surface area contributed by atoms with Gasteiger partial charge < -0.3 is 4.43 Å². The Morgan fingerprint density at radius 2 is 1.89 bits per heavy atom. The molecule has 0 aliphatic rings. The average molecular weight is 392 g/mol. The van der Waals surface area contributed by atoms with Gasteiger partial charge in [-0.2, -0.15) is 0 Å². The molecular weight excluding hydrogens is 363 g/mol. The van der Waals surface area contributed by atoms with Crippen LogP contribution in [0.25, 0.3) is 0 Å². The van der Waals surface area contributed by atoms with Crippen LogP contribution in [0.15, 0.2) is 10.2 Å². The minimum absolute atomic E-state index is 0.255. The summed E-state index contributed by atoms with van der Waals surface area (Å²) in [7, 11) is -1.59. The monoisotopic (exact) mass is 392 g/mol. The molecule has 1 nitrogen and oxygen atoms in total. The number of hydrogen-bond acceptors (Lipinski definition) is 1. The molecule has 0 aliphatic heterocycles. The van der Waals surface area contributed by atoms with Gasteiger partial charge in [0.15, 0.2) is 8.32 Å². The highest BCUT2D eigenvalue weighted by molar-refractivity contribution is 14.1. The van der Waals surface area contributed by atoms with Crippen LogP contribution in [0, 0.1) is 11.8 Å². The Morgan fingerprint density at radius 3 is 2.37 bits per heavy atom. The van der Waals surface area contributed by atoms with E-state index in [9.17, 15) is 0 Å². The Kier molecular flexibility index (Phi) is 10.1. The maximum absolute atomic E-state index is 6.46. The third-order valence-corrected chi connectivity index (χ3v) is 4.34. The van der Waals surface area contributed by atoms with Gasteiger partial charge in [-0.15, -0.1) is 5.92 Å². The van der Waals surface area contributed by atoms with Crippen molar-refractivity contribution in [2.75, 3.05) is 0 Å². The second-order valence-corrected chi connectivity index (χ2v) is 11.1. The molecule has 0 saturated carbocycles. The van der Waals surface area contributed by atoms with Crippen LogP contribution >= 0.6 is 22.6 Å². The number of halogens is 1.